The van der Waals surface area contributed by atoms with Crippen molar-refractivity contribution >= 4 is 43.6 Å². The van der Waals surface area contributed by atoms with Gasteiger partial charge in [0, 0.05) is 31.3 Å². The Morgan fingerprint density at radius 2 is 2.22 bits per heavy atom. The number of carbonyl (C=O) groups excluding carboxylic acids is 1. The molecule has 98 valence electrons. The lowest BCUT2D eigenvalue weighted by Gasteiger charge is -2.27. The van der Waals surface area contributed by atoms with Gasteiger partial charge in [-0.05, 0) is 50.8 Å². The maximum Gasteiger partial charge on any atom is 0.244 e. The van der Waals surface area contributed by atoms with Crippen LogP contribution >= 0.6 is 31.9 Å². The van der Waals surface area contributed by atoms with E-state index >= 15 is 0 Å². The Morgan fingerprint density at radius 1 is 1.50 bits per heavy atom. The molecule has 1 aromatic heterocycles. The third-order valence-electron chi connectivity index (χ3n) is 3.04. The maximum atomic E-state index is 12.1. The minimum atomic E-state index is -0.0926. The Kier molecular flexibility index (Phi) is 4.27. The first-order valence-electron chi connectivity index (χ1n) is 5.79. The Bertz CT molecular complexity index is 465. The fraction of sp³-hybridized carbons (Fsp3) is 0.500. The molecule has 0 spiro atoms. The smallest absolute Gasteiger partial charge is 0.244 e. The van der Waals surface area contributed by atoms with Gasteiger partial charge < -0.3 is 9.80 Å². The Labute approximate surface area is 124 Å². The van der Waals surface area contributed by atoms with Crippen molar-refractivity contribution in [3.63, 3.8) is 0 Å². The SMILES string of the molecule is CN(C)C(=O)C1CCCN1c1ncc(Br)cc1Br. The van der Waals surface area contributed by atoms with E-state index in [0.29, 0.717) is 0 Å². The van der Waals surface area contributed by atoms with E-state index in [1.807, 2.05) is 6.07 Å². The first kappa shape index (κ1) is 13.8. The Morgan fingerprint density at radius 3 is 2.83 bits per heavy atom. The summed E-state index contributed by atoms with van der Waals surface area (Å²) in [5.74, 6) is 0.986. The number of amides is 1. The molecule has 1 aliphatic rings. The number of nitrogens with zero attached hydrogens (tertiary/aromatic N) is 3. The normalized spacial score (nSPS) is 19.1. The van der Waals surface area contributed by atoms with E-state index in [9.17, 15) is 4.79 Å². The largest absolute Gasteiger partial charge is 0.347 e. The van der Waals surface area contributed by atoms with E-state index < -0.39 is 0 Å². The lowest BCUT2D eigenvalue weighted by atomic mass is 10.2. The number of aromatic nitrogens is 1. The van der Waals surface area contributed by atoms with Crippen LogP contribution in [0.5, 0.6) is 0 Å². The predicted octanol–water partition coefficient (Wildman–Crippen LogP) is 2.66. The van der Waals surface area contributed by atoms with Crippen molar-refractivity contribution in [3.8, 4) is 0 Å². The molecule has 18 heavy (non-hydrogen) atoms. The van der Waals surface area contributed by atoms with Crippen molar-refractivity contribution in [1.29, 1.82) is 0 Å². The maximum absolute atomic E-state index is 12.1. The summed E-state index contributed by atoms with van der Waals surface area (Å²) in [6.07, 6.45) is 3.67. The Balaban J connectivity index is 2.29. The van der Waals surface area contributed by atoms with Crippen LogP contribution in [0, 0.1) is 0 Å². The molecule has 0 bridgehead atoms. The molecular formula is C12H15Br2N3O. The number of halogens is 2. The first-order chi connectivity index (χ1) is 8.50. The van der Waals surface area contributed by atoms with Crippen LogP contribution in [0.15, 0.2) is 21.2 Å². The van der Waals surface area contributed by atoms with Crippen molar-refractivity contribution in [1.82, 2.24) is 9.88 Å². The van der Waals surface area contributed by atoms with E-state index in [4.69, 9.17) is 0 Å². The summed E-state index contributed by atoms with van der Waals surface area (Å²) in [6.45, 7) is 0.872. The van der Waals surface area contributed by atoms with Crippen molar-refractivity contribution in [2.75, 3.05) is 25.5 Å². The molecule has 1 unspecified atom stereocenters. The van der Waals surface area contributed by atoms with Crippen molar-refractivity contribution < 1.29 is 4.79 Å². The van der Waals surface area contributed by atoms with Crippen LogP contribution in [-0.4, -0.2) is 42.5 Å². The van der Waals surface area contributed by atoms with Gasteiger partial charge in [0.1, 0.15) is 11.9 Å². The summed E-state index contributed by atoms with van der Waals surface area (Å²) in [5.41, 5.74) is 0. The van der Waals surface area contributed by atoms with Gasteiger partial charge in [0.15, 0.2) is 0 Å². The topological polar surface area (TPSA) is 36.4 Å². The highest BCUT2D eigenvalue weighted by atomic mass is 79.9. The average molecular weight is 377 g/mol. The zero-order valence-electron chi connectivity index (χ0n) is 10.4. The van der Waals surface area contributed by atoms with Crippen molar-refractivity contribution in [3.05, 3.63) is 21.2 Å². The van der Waals surface area contributed by atoms with Gasteiger partial charge in [-0.2, -0.15) is 0 Å². The van der Waals surface area contributed by atoms with Crippen LogP contribution in [-0.2, 0) is 4.79 Å². The highest BCUT2D eigenvalue weighted by molar-refractivity contribution is 9.11. The molecule has 1 amide bonds. The summed E-state index contributed by atoms with van der Waals surface area (Å²) >= 11 is 6.90. The quantitative estimate of drug-likeness (QED) is 0.796. The van der Waals surface area contributed by atoms with Gasteiger partial charge in [0.2, 0.25) is 5.91 Å². The van der Waals surface area contributed by atoms with E-state index in [1.165, 1.54) is 0 Å². The molecule has 0 N–H and O–H groups in total. The molecule has 4 nitrogen and oxygen atoms in total. The van der Waals surface area contributed by atoms with Crippen LogP contribution in [0.4, 0.5) is 5.82 Å². The molecule has 1 saturated heterocycles. The Hall–Kier alpha value is -0.620. The van der Waals surface area contributed by atoms with Gasteiger partial charge >= 0.3 is 0 Å². The molecule has 2 heterocycles. The molecule has 0 saturated carbocycles. The minimum Gasteiger partial charge on any atom is -0.347 e. The molecule has 1 aromatic rings. The number of hydrogen-bond donors (Lipinski definition) is 0. The van der Waals surface area contributed by atoms with E-state index in [0.717, 1.165) is 34.1 Å². The third-order valence-corrected chi connectivity index (χ3v) is 4.06. The first-order valence-corrected chi connectivity index (χ1v) is 7.38. The van der Waals surface area contributed by atoms with Gasteiger partial charge in [0.05, 0.1) is 4.47 Å². The van der Waals surface area contributed by atoms with Crippen LogP contribution in [0.2, 0.25) is 0 Å². The van der Waals surface area contributed by atoms with Crippen LogP contribution < -0.4 is 4.90 Å². The second-order valence-electron chi connectivity index (χ2n) is 4.54. The summed E-state index contributed by atoms with van der Waals surface area (Å²) in [6, 6.07) is 1.86. The molecule has 0 aliphatic carbocycles. The lowest BCUT2D eigenvalue weighted by Crippen LogP contribution is -2.43. The second kappa shape index (κ2) is 5.57. The van der Waals surface area contributed by atoms with Crippen LogP contribution in [0.3, 0.4) is 0 Å². The molecule has 1 fully saturated rings. The van der Waals surface area contributed by atoms with Crippen LogP contribution in [0.1, 0.15) is 12.8 Å². The number of hydrogen-bond acceptors (Lipinski definition) is 3. The summed E-state index contributed by atoms with van der Waals surface area (Å²) in [7, 11) is 3.59. The van der Waals surface area contributed by atoms with Crippen molar-refractivity contribution in [2.24, 2.45) is 0 Å². The monoisotopic (exact) mass is 375 g/mol. The number of anilines is 1. The van der Waals surface area contributed by atoms with Gasteiger partial charge in [-0.3, -0.25) is 4.79 Å². The number of carbonyl (C=O) groups is 1. The number of pyridine rings is 1. The molecule has 1 atom stereocenters. The fourth-order valence-corrected chi connectivity index (χ4v) is 3.41. The van der Waals surface area contributed by atoms with Gasteiger partial charge in [-0.15, -0.1) is 0 Å². The molecule has 6 heteroatoms. The highest BCUT2D eigenvalue weighted by Crippen LogP contribution is 2.32. The minimum absolute atomic E-state index is 0.0926. The molecular weight excluding hydrogens is 362 g/mol. The van der Waals surface area contributed by atoms with E-state index in [1.54, 1.807) is 25.2 Å². The lowest BCUT2D eigenvalue weighted by molar-refractivity contribution is -0.129. The van der Waals surface area contributed by atoms with Crippen molar-refractivity contribution in [2.45, 2.75) is 18.9 Å². The molecule has 0 radical (unpaired) electrons. The standard InChI is InChI=1S/C12H15Br2N3O/c1-16(2)12(18)10-4-3-5-17(10)11-9(14)6-8(13)7-15-11/h6-7,10H,3-5H2,1-2H3. The van der Waals surface area contributed by atoms with Gasteiger partial charge in [0.25, 0.3) is 0 Å². The third kappa shape index (κ3) is 2.69. The molecule has 0 aromatic carbocycles. The summed E-state index contributed by atoms with van der Waals surface area (Å²) < 4.78 is 1.84. The summed E-state index contributed by atoms with van der Waals surface area (Å²) in [4.78, 5) is 20.3. The number of rotatable bonds is 2. The summed E-state index contributed by atoms with van der Waals surface area (Å²) in [5, 5.41) is 0. The molecule has 2 rings (SSSR count). The average Bonchev–Trinajstić information content (AvgIpc) is 2.76. The van der Waals surface area contributed by atoms with E-state index in [-0.39, 0.29) is 11.9 Å². The zero-order chi connectivity index (χ0) is 13.3. The van der Waals surface area contributed by atoms with E-state index in [2.05, 4.69) is 41.7 Å². The highest BCUT2D eigenvalue weighted by Gasteiger charge is 2.33. The second-order valence-corrected chi connectivity index (χ2v) is 6.31. The van der Waals surface area contributed by atoms with Crippen LogP contribution in [0.25, 0.3) is 0 Å². The number of likely N-dealkylation sites (N-methyl/N-ethyl adjacent to an activating group) is 1. The molecule has 1 aliphatic heterocycles. The predicted molar refractivity (Wildman–Crippen MR) is 78.7 cm³/mol. The zero-order valence-corrected chi connectivity index (χ0v) is 13.5. The van der Waals surface area contributed by atoms with Gasteiger partial charge in [-0.1, -0.05) is 0 Å². The fourth-order valence-electron chi connectivity index (χ4n) is 2.19. The van der Waals surface area contributed by atoms with Gasteiger partial charge in [-0.25, -0.2) is 4.98 Å².